The Morgan fingerprint density at radius 2 is 2.00 bits per heavy atom. The summed E-state index contributed by atoms with van der Waals surface area (Å²) in [6.07, 6.45) is 3.43. The maximum Gasteiger partial charge on any atom is 0.273 e. The van der Waals surface area contributed by atoms with Crippen LogP contribution in [0.25, 0.3) is 0 Å². The monoisotopic (exact) mass is 439 g/mol. The number of anilines is 2. The minimum atomic E-state index is -0.237. The summed E-state index contributed by atoms with van der Waals surface area (Å²) in [7, 11) is 4.00. The second kappa shape index (κ2) is 12.0. The number of nitrogens with one attached hydrogen (secondary N) is 2. The van der Waals surface area contributed by atoms with Gasteiger partial charge in [0.25, 0.3) is 5.91 Å². The summed E-state index contributed by atoms with van der Waals surface area (Å²) in [5, 5.41) is 6.16. The van der Waals surface area contributed by atoms with Gasteiger partial charge in [-0.3, -0.25) is 9.59 Å². The standard InChI is InChI=1S/C24H33N5O3/c1-28(2)15-9-14-25-23(30)18-29-16-6-3-7-17-32-21-12-5-4-10-19(21)26-22-13-8-11-20(27-22)24(29)31/h4-5,8,10-13H,3,6-7,9,14-18H2,1-2H3,(H,25,30)(H,26,27). The molecule has 0 spiro atoms. The van der Waals surface area contributed by atoms with Gasteiger partial charge in [-0.2, -0.15) is 0 Å². The van der Waals surface area contributed by atoms with E-state index in [0.29, 0.717) is 31.2 Å². The molecule has 32 heavy (non-hydrogen) atoms. The van der Waals surface area contributed by atoms with Gasteiger partial charge in [-0.25, -0.2) is 4.98 Å². The van der Waals surface area contributed by atoms with Crippen molar-refractivity contribution >= 4 is 23.3 Å². The number of hydrogen-bond donors (Lipinski definition) is 2. The van der Waals surface area contributed by atoms with Crippen molar-refractivity contribution in [1.82, 2.24) is 20.1 Å². The number of aromatic nitrogens is 1. The van der Waals surface area contributed by atoms with Crippen LogP contribution in [-0.4, -0.2) is 73.5 Å². The lowest BCUT2D eigenvalue weighted by molar-refractivity contribution is -0.121. The Labute approximate surface area is 190 Å². The average molecular weight is 440 g/mol. The van der Waals surface area contributed by atoms with E-state index in [1.165, 1.54) is 0 Å². The summed E-state index contributed by atoms with van der Waals surface area (Å²) in [5.74, 6) is 0.927. The van der Waals surface area contributed by atoms with Gasteiger partial charge in [-0.05, 0) is 70.6 Å². The van der Waals surface area contributed by atoms with Gasteiger partial charge >= 0.3 is 0 Å². The van der Waals surface area contributed by atoms with Crippen molar-refractivity contribution in [1.29, 1.82) is 0 Å². The lowest BCUT2D eigenvalue weighted by atomic mass is 10.2. The minimum absolute atomic E-state index is 0.0272. The van der Waals surface area contributed by atoms with E-state index in [9.17, 15) is 9.59 Å². The third-order valence-corrected chi connectivity index (χ3v) is 5.17. The van der Waals surface area contributed by atoms with Crippen molar-refractivity contribution in [3.05, 3.63) is 48.2 Å². The normalized spacial score (nSPS) is 14.7. The molecule has 0 unspecified atom stereocenters. The fourth-order valence-electron chi connectivity index (χ4n) is 3.49. The third kappa shape index (κ3) is 7.23. The van der Waals surface area contributed by atoms with Gasteiger partial charge in [0.2, 0.25) is 5.91 Å². The Balaban J connectivity index is 1.73. The SMILES string of the molecule is CN(C)CCCNC(=O)CN1CCCCCOc2ccccc2Nc2cccc(n2)C1=O. The second-order valence-corrected chi connectivity index (χ2v) is 8.17. The van der Waals surface area contributed by atoms with E-state index in [1.54, 1.807) is 23.1 Å². The van der Waals surface area contributed by atoms with Crippen molar-refractivity contribution in [3.8, 4) is 5.75 Å². The molecule has 0 radical (unpaired) electrons. The molecule has 8 heteroatoms. The highest BCUT2D eigenvalue weighted by molar-refractivity contribution is 5.95. The molecule has 0 saturated heterocycles. The minimum Gasteiger partial charge on any atom is -0.491 e. The van der Waals surface area contributed by atoms with Crippen LogP contribution >= 0.6 is 0 Å². The van der Waals surface area contributed by atoms with Crippen molar-refractivity contribution < 1.29 is 14.3 Å². The highest BCUT2D eigenvalue weighted by Crippen LogP contribution is 2.27. The number of pyridine rings is 1. The fraction of sp³-hybridized carbons (Fsp3) is 0.458. The zero-order chi connectivity index (χ0) is 22.8. The van der Waals surface area contributed by atoms with Crippen LogP contribution in [0.15, 0.2) is 42.5 Å². The maximum absolute atomic E-state index is 13.2. The number of carbonyl (C=O) groups is 2. The van der Waals surface area contributed by atoms with Crippen LogP contribution in [0, 0.1) is 0 Å². The second-order valence-electron chi connectivity index (χ2n) is 8.17. The van der Waals surface area contributed by atoms with Gasteiger partial charge in [0.05, 0.1) is 18.8 Å². The van der Waals surface area contributed by atoms with Crippen LogP contribution in [0.5, 0.6) is 5.75 Å². The molecule has 3 rings (SSSR count). The molecule has 1 aromatic heterocycles. The Hall–Kier alpha value is -3.13. The quantitative estimate of drug-likeness (QED) is 0.673. The number of rotatable bonds is 6. The first-order chi connectivity index (χ1) is 15.5. The van der Waals surface area contributed by atoms with E-state index in [0.717, 1.165) is 43.7 Å². The van der Waals surface area contributed by atoms with Crippen molar-refractivity contribution in [3.63, 3.8) is 0 Å². The first kappa shape index (κ1) is 23.5. The summed E-state index contributed by atoms with van der Waals surface area (Å²) in [4.78, 5) is 33.8. The first-order valence-corrected chi connectivity index (χ1v) is 11.2. The molecular weight excluding hydrogens is 406 g/mol. The molecule has 1 aromatic carbocycles. The highest BCUT2D eigenvalue weighted by atomic mass is 16.5. The van der Waals surface area contributed by atoms with Gasteiger partial charge in [0.15, 0.2) is 0 Å². The Bertz CT molecular complexity index is 903. The molecule has 0 aliphatic carbocycles. The predicted molar refractivity (Wildman–Crippen MR) is 125 cm³/mol. The summed E-state index contributed by atoms with van der Waals surface area (Å²) in [6.45, 7) is 2.61. The predicted octanol–water partition coefficient (Wildman–Crippen LogP) is 2.90. The molecule has 2 N–H and O–H groups in total. The topological polar surface area (TPSA) is 86.8 Å². The summed E-state index contributed by atoms with van der Waals surface area (Å²) in [6, 6.07) is 13.0. The number of carbonyl (C=O) groups excluding carboxylic acids is 2. The number of amides is 2. The molecule has 2 bridgehead atoms. The van der Waals surface area contributed by atoms with E-state index >= 15 is 0 Å². The molecule has 0 atom stereocenters. The number of benzene rings is 1. The fourth-order valence-corrected chi connectivity index (χ4v) is 3.49. The molecule has 1 aliphatic heterocycles. The number of nitrogens with zero attached hydrogens (tertiary/aromatic N) is 3. The van der Waals surface area contributed by atoms with Crippen LogP contribution in [-0.2, 0) is 4.79 Å². The van der Waals surface area contributed by atoms with Gasteiger partial charge < -0.3 is 25.2 Å². The van der Waals surface area contributed by atoms with E-state index in [-0.39, 0.29) is 18.4 Å². The van der Waals surface area contributed by atoms with E-state index in [2.05, 4.69) is 20.5 Å². The molecule has 8 nitrogen and oxygen atoms in total. The molecule has 0 fully saturated rings. The molecule has 2 heterocycles. The zero-order valence-electron chi connectivity index (χ0n) is 19.0. The van der Waals surface area contributed by atoms with Crippen LogP contribution in [0.3, 0.4) is 0 Å². The molecule has 2 amide bonds. The van der Waals surface area contributed by atoms with E-state index < -0.39 is 0 Å². The molecular formula is C24H33N5O3. The van der Waals surface area contributed by atoms with E-state index in [1.807, 2.05) is 38.4 Å². The van der Waals surface area contributed by atoms with Crippen LogP contribution < -0.4 is 15.4 Å². The Morgan fingerprint density at radius 1 is 1.16 bits per heavy atom. The lowest BCUT2D eigenvalue weighted by Gasteiger charge is -2.23. The first-order valence-electron chi connectivity index (χ1n) is 11.2. The smallest absolute Gasteiger partial charge is 0.273 e. The molecule has 172 valence electrons. The largest absolute Gasteiger partial charge is 0.491 e. The average Bonchev–Trinajstić information content (AvgIpc) is 2.78. The van der Waals surface area contributed by atoms with Crippen LogP contribution in [0.1, 0.15) is 36.2 Å². The van der Waals surface area contributed by atoms with Gasteiger partial charge in [0, 0.05) is 13.1 Å². The number of hydrogen-bond acceptors (Lipinski definition) is 6. The number of fused-ring (bicyclic) bond motifs is 3. The van der Waals surface area contributed by atoms with Crippen LogP contribution in [0.2, 0.25) is 0 Å². The molecule has 1 aliphatic rings. The number of para-hydroxylation sites is 2. The summed E-state index contributed by atoms with van der Waals surface area (Å²) < 4.78 is 5.95. The number of ether oxygens (including phenoxy) is 1. The molecule has 2 aromatic rings. The van der Waals surface area contributed by atoms with Gasteiger partial charge in [-0.15, -0.1) is 0 Å². The van der Waals surface area contributed by atoms with E-state index in [4.69, 9.17) is 4.74 Å². The van der Waals surface area contributed by atoms with Crippen molar-refractivity contribution in [2.45, 2.75) is 25.7 Å². The maximum atomic E-state index is 13.2. The Kier molecular flexibility index (Phi) is 8.86. The van der Waals surface area contributed by atoms with Gasteiger partial charge in [0.1, 0.15) is 17.3 Å². The van der Waals surface area contributed by atoms with Gasteiger partial charge in [-0.1, -0.05) is 18.2 Å². The van der Waals surface area contributed by atoms with Crippen LogP contribution in [0.4, 0.5) is 11.5 Å². The van der Waals surface area contributed by atoms with Crippen molar-refractivity contribution in [2.24, 2.45) is 0 Å². The highest BCUT2D eigenvalue weighted by Gasteiger charge is 2.20. The summed E-state index contributed by atoms with van der Waals surface area (Å²) >= 11 is 0. The lowest BCUT2D eigenvalue weighted by Crippen LogP contribution is -2.42. The van der Waals surface area contributed by atoms with Crippen molar-refractivity contribution in [2.75, 3.05) is 52.2 Å². The summed E-state index contributed by atoms with van der Waals surface area (Å²) in [5.41, 5.74) is 1.11. The Morgan fingerprint density at radius 3 is 2.84 bits per heavy atom. The zero-order valence-corrected chi connectivity index (χ0v) is 19.0. The molecule has 0 saturated carbocycles. The third-order valence-electron chi connectivity index (χ3n) is 5.17.